The summed E-state index contributed by atoms with van der Waals surface area (Å²) in [7, 11) is 2.91. The fourth-order valence-corrected chi connectivity index (χ4v) is 2.23. The number of aliphatic hydroxyl groups excluding tert-OH is 1. The van der Waals surface area contributed by atoms with Crippen LogP contribution in [0.25, 0.3) is 0 Å². The Labute approximate surface area is 117 Å². The summed E-state index contributed by atoms with van der Waals surface area (Å²) in [4.78, 5) is 11.3. The molecule has 2 rings (SSSR count). The number of carbonyl (C=O) groups is 1. The summed E-state index contributed by atoms with van der Waals surface area (Å²) in [6.45, 7) is 4.76. The van der Waals surface area contributed by atoms with Crippen LogP contribution >= 0.6 is 0 Å². The number of carbonyl (C=O) groups excluding carboxylic acids is 1. The van der Waals surface area contributed by atoms with Crippen molar-refractivity contribution < 1.29 is 28.8 Å². The van der Waals surface area contributed by atoms with Crippen molar-refractivity contribution in [3.63, 3.8) is 0 Å². The lowest BCUT2D eigenvalue weighted by atomic mass is 9.96. The van der Waals surface area contributed by atoms with Crippen molar-refractivity contribution in [2.45, 2.75) is 32.5 Å². The highest BCUT2D eigenvalue weighted by molar-refractivity contribution is 5.74. The molecule has 6 nitrogen and oxygen atoms in total. The number of benzene rings is 1. The first-order valence-corrected chi connectivity index (χ1v) is 6.16. The zero-order valence-corrected chi connectivity index (χ0v) is 12.1. The molecule has 0 saturated carbocycles. The highest BCUT2D eigenvalue weighted by Crippen LogP contribution is 2.54. The Morgan fingerprint density at radius 1 is 1.30 bits per heavy atom. The summed E-state index contributed by atoms with van der Waals surface area (Å²) in [6, 6.07) is 1.61. The first-order valence-electron chi connectivity index (χ1n) is 6.16. The molecule has 0 amide bonds. The molecule has 1 aliphatic rings. The lowest BCUT2D eigenvalue weighted by molar-refractivity contribution is -0.132. The Bertz CT molecular complexity index is 549. The maximum absolute atomic E-state index is 11.3. The lowest BCUT2D eigenvalue weighted by Gasteiger charge is -2.22. The number of methoxy groups -OCH3 is 2. The molecule has 1 atom stereocenters. The quantitative estimate of drug-likeness (QED) is 0.673. The van der Waals surface area contributed by atoms with Crippen LogP contribution < -0.4 is 18.9 Å². The molecular formula is C14H18O6. The fraction of sp³-hybridized carbons (Fsp3) is 0.500. The number of esters is 1. The van der Waals surface area contributed by atoms with Crippen LogP contribution in [0.5, 0.6) is 23.0 Å². The Morgan fingerprint density at radius 3 is 2.45 bits per heavy atom. The lowest BCUT2D eigenvalue weighted by Crippen LogP contribution is -2.30. The average Bonchev–Trinajstić information content (AvgIpc) is 2.58. The summed E-state index contributed by atoms with van der Waals surface area (Å²) < 4.78 is 21.3. The summed E-state index contributed by atoms with van der Waals surface area (Å²) in [5.41, 5.74) is -0.433. The molecule has 6 heteroatoms. The van der Waals surface area contributed by atoms with Crippen LogP contribution in [0.1, 0.15) is 32.4 Å². The number of hydrogen-bond acceptors (Lipinski definition) is 6. The molecule has 1 N–H and O–H groups in total. The van der Waals surface area contributed by atoms with E-state index in [1.165, 1.54) is 21.1 Å². The Kier molecular flexibility index (Phi) is 3.52. The normalized spacial score (nSPS) is 19.0. The molecule has 1 unspecified atom stereocenters. The minimum Gasteiger partial charge on any atom is -0.493 e. The van der Waals surface area contributed by atoms with E-state index in [1.807, 2.05) is 0 Å². The van der Waals surface area contributed by atoms with E-state index >= 15 is 0 Å². The molecule has 0 aliphatic carbocycles. The molecular weight excluding hydrogens is 264 g/mol. The van der Waals surface area contributed by atoms with Crippen LogP contribution in [0.4, 0.5) is 0 Å². The smallest absolute Gasteiger partial charge is 0.308 e. The van der Waals surface area contributed by atoms with Gasteiger partial charge >= 0.3 is 5.97 Å². The molecule has 1 aromatic rings. The van der Waals surface area contributed by atoms with Gasteiger partial charge < -0.3 is 24.1 Å². The minimum absolute atomic E-state index is 0.132. The van der Waals surface area contributed by atoms with E-state index in [-0.39, 0.29) is 11.5 Å². The van der Waals surface area contributed by atoms with E-state index in [9.17, 15) is 9.90 Å². The largest absolute Gasteiger partial charge is 0.493 e. The van der Waals surface area contributed by atoms with Crippen molar-refractivity contribution in [3.05, 3.63) is 11.6 Å². The highest BCUT2D eigenvalue weighted by Gasteiger charge is 2.44. The Hall–Kier alpha value is -1.95. The minimum atomic E-state index is -0.938. The predicted octanol–water partition coefficient (Wildman–Crippen LogP) is 1.83. The number of fused-ring (bicyclic) bond motifs is 1. The third-order valence-electron chi connectivity index (χ3n) is 3.18. The van der Waals surface area contributed by atoms with Gasteiger partial charge in [0.25, 0.3) is 0 Å². The van der Waals surface area contributed by atoms with Crippen LogP contribution in [-0.2, 0) is 4.79 Å². The fourth-order valence-electron chi connectivity index (χ4n) is 2.23. The van der Waals surface area contributed by atoms with Gasteiger partial charge in [-0.1, -0.05) is 0 Å². The second kappa shape index (κ2) is 4.86. The van der Waals surface area contributed by atoms with Crippen LogP contribution in [0.2, 0.25) is 0 Å². The SMILES string of the molecule is COc1cc2c(c(OC(C)=O)c1OC)C(O)C(C)(C)O2. The van der Waals surface area contributed by atoms with Gasteiger partial charge in [0.05, 0.1) is 19.8 Å². The summed E-state index contributed by atoms with van der Waals surface area (Å²) in [5, 5.41) is 10.4. The Balaban J connectivity index is 2.69. The molecule has 0 radical (unpaired) electrons. The van der Waals surface area contributed by atoms with E-state index in [2.05, 4.69) is 0 Å². The number of ether oxygens (including phenoxy) is 4. The molecule has 0 fully saturated rings. The van der Waals surface area contributed by atoms with Crippen molar-refractivity contribution in [1.82, 2.24) is 0 Å². The van der Waals surface area contributed by atoms with Crippen LogP contribution in [0.3, 0.4) is 0 Å². The van der Waals surface area contributed by atoms with Gasteiger partial charge in [0, 0.05) is 13.0 Å². The van der Waals surface area contributed by atoms with E-state index < -0.39 is 17.7 Å². The summed E-state index contributed by atoms with van der Waals surface area (Å²) in [6.07, 6.45) is -0.938. The molecule has 1 aliphatic heterocycles. The van der Waals surface area contributed by atoms with Gasteiger partial charge in [-0.25, -0.2) is 0 Å². The van der Waals surface area contributed by atoms with E-state index in [1.54, 1.807) is 19.9 Å². The highest BCUT2D eigenvalue weighted by atomic mass is 16.6. The number of hydrogen-bond donors (Lipinski definition) is 1. The maximum atomic E-state index is 11.3. The van der Waals surface area contributed by atoms with E-state index in [0.29, 0.717) is 17.1 Å². The second-order valence-electron chi connectivity index (χ2n) is 5.05. The monoisotopic (exact) mass is 282 g/mol. The molecule has 110 valence electrons. The second-order valence-corrected chi connectivity index (χ2v) is 5.05. The van der Waals surface area contributed by atoms with Crippen molar-refractivity contribution in [1.29, 1.82) is 0 Å². The number of aliphatic hydroxyl groups is 1. The average molecular weight is 282 g/mol. The van der Waals surface area contributed by atoms with Crippen LogP contribution in [0, 0.1) is 0 Å². The molecule has 1 heterocycles. The van der Waals surface area contributed by atoms with E-state index in [0.717, 1.165) is 0 Å². The third kappa shape index (κ3) is 2.16. The standard InChI is InChI=1S/C14H18O6/c1-7(15)19-12-10-8(20-14(2,3)13(10)16)6-9(17-4)11(12)18-5/h6,13,16H,1-5H3. The van der Waals surface area contributed by atoms with Crippen LogP contribution in [-0.4, -0.2) is 30.9 Å². The van der Waals surface area contributed by atoms with Crippen molar-refractivity contribution in [3.8, 4) is 23.0 Å². The molecule has 0 bridgehead atoms. The molecule has 20 heavy (non-hydrogen) atoms. The first kappa shape index (κ1) is 14.5. The van der Waals surface area contributed by atoms with Gasteiger partial charge in [0.2, 0.25) is 5.75 Å². The van der Waals surface area contributed by atoms with Crippen molar-refractivity contribution >= 4 is 5.97 Å². The number of rotatable bonds is 3. The zero-order valence-electron chi connectivity index (χ0n) is 12.1. The predicted molar refractivity (Wildman–Crippen MR) is 70.5 cm³/mol. The summed E-state index contributed by atoms with van der Waals surface area (Å²) in [5.74, 6) is 0.647. The van der Waals surface area contributed by atoms with Crippen molar-refractivity contribution in [2.75, 3.05) is 14.2 Å². The van der Waals surface area contributed by atoms with Gasteiger partial charge in [-0.15, -0.1) is 0 Å². The van der Waals surface area contributed by atoms with Crippen LogP contribution in [0.15, 0.2) is 6.07 Å². The zero-order chi connectivity index (χ0) is 15.1. The van der Waals surface area contributed by atoms with Gasteiger partial charge in [0.1, 0.15) is 17.5 Å². The first-order chi connectivity index (χ1) is 9.31. The molecule has 0 aromatic heterocycles. The molecule has 1 aromatic carbocycles. The molecule has 0 spiro atoms. The maximum Gasteiger partial charge on any atom is 0.308 e. The topological polar surface area (TPSA) is 74.2 Å². The third-order valence-corrected chi connectivity index (χ3v) is 3.18. The molecule has 0 saturated heterocycles. The van der Waals surface area contributed by atoms with Gasteiger partial charge in [-0.05, 0) is 13.8 Å². The van der Waals surface area contributed by atoms with Gasteiger partial charge in [-0.3, -0.25) is 4.79 Å². The van der Waals surface area contributed by atoms with E-state index in [4.69, 9.17) is 18.9 Å². The summed E-state index contributed by atoms with van der Waals surface area (Å²) >= 11 is 0. The Morgan fingerprint density at radius 2 is 1.95 bits per heavy atom. The van der Waals surface area contributed by atoms with Gasteiger partial charge in [-0.2, -0.15) is 0 Å². The van der Waals surface area contributed by atoms with Gasteiger partial charge in [0.15, 0.2) is 11.5 Å². The van der Waals surface area contributed by atoms with Crippen molar-refractivity contribution in [2.24, 2.45) is 0 Å².